The van der Waals surface area contributed by atoms with Gasteiger partial charge in [-0.25, -0.2) is 4.79 Å². The largest absolute Gasteiger partial charge is 0.358 e. The van der Waals surface area contributed by atoms with Crippen LogP contribution in [0, 0.1) is 6.92 Å². The van der Waals surface area contributed by atoms with E-state index in [-0.39, 0.29) is 6.61 Å². The van der Waals surface area contributed by atoms with Crippen molar-refractivity contribution < 1.29 is 14.2 Å². The lowest BCUT2D eigenvalue weighted by molar-refractivity contribution is -0.126. The van der Waals surface area contributed by atoms with E-state index in [0.717, 1.165) is 33.4 Å². The van der Waals surface area contributed by atoms with Crippen molar-refractivity contribution >= 4 is 0 Å². The van der Waals surface area contributed by atoms with Crippen molar-refractivity contribution in [3.8, 4) is 0 Å². The maximum atomic E-state index is 13.4. The summed E-state index contributed by atoms with van der Waals surface area (Å²) in [6, 6.07) is 61.2. The summed E-state index contributed by atoms with van der Waals surface area (Å²) in [5, 5.41) is 0. The van der Waals surface area contributed by atoms with Crippen LogP contribution in [0.15, 0.2) is 198 Å². The number of hydrogen-bond acceptors (Lipinski definition) is 5. The molecule has 7 nitrogen and oxygen atoms in total. The highest BCUT2D eigenvalue weighted by Gasteiger charge is 2.48. The second kappa shape index (κ2) is 15.7. The first-order chi connectivity index (χ1) is 27.0. The van der Waals surface area contributed by atoms with E-state index in [9.17, 15) is 9.59 Å². The minimum Gasteiger partial charge on any atom is -0.358 e. The number of rotatable bonds is 12. The van der Waals surface area contributed by atoms with Gasteiger partial charge in [0.05, 0.1) is 12.7 Å². The van der Waals surface area contributed by atoms with E-state index in [1.54, 1.807) is 13.1 Å². The number of aromatic amines is 1. The zero-order chi connectivity index (χ0) is 37.7. The van der Waals surface area contributed by atoms with Crippen LogP contribution >= 0.6 is 0 Å². The van der Waals surface area contributed by atoms with Crippen LogP contribution in [-0.2, 0) is 25.4 Å². The van der Waals surface area contributed by atoms with E-state index in [0.29, 0.717) is 12.0 Å². The molecular formula is C48H42N2O5. The molecule has 0 radical (unpaired) electrons. The Labute approximate surface area is 320 Å². The number of ether oxygens (including phenoxy) is 3. The van der Waals surface area contributed by atoms with E-state index in [2.05, 4.69) is 77.8 Å². The van der Waals surface area contributed by atoms with Gasteiger partial charge >= 0.3 is 5.69 Å². The summed E-state index contributed by atoms with van der Waals surface area (Å²) in [7, 11) is 0. The normalized spacial score (nSPS) is 17.2. The lowest BCUT2D eigenvalue weighted by Gasteiger charge is -2.40. The van der Waals surface area contributed by atoms with Gasteiger partial charge in [-0.1, -0.05) is 182 Å². The van der Waals surface area contributed by atoms with Crippen LogP contribution < -0.4 is 11.2 Å². The van der Waals surface area contributed by atoms with Crippen LogP contribution in [0.1, 0.15) is 51.6 Å². The Morgan fingerprint density at radius 1 is 0.582 bits per heavy atom. The van der Waals surface area contributed by atoms with Gasteiger partial charge in [-0.2, -0.15) is 0 Å². The second-order valence-electron chi connectivity index (χ2n) is 13.9. The molecule has 2 heterocycles. The third-order valence-electron chi connectivity index (χ3n) is 10.5. The van der Waals surface area contributed by atoms with Crippen molar-refractivity contribution in [1.82, 2.24) is 9.55 Å². The van der Waals surface area contributed by atoms with Crippen molar-refractivity contribution in [2.45, 2.75) is 43.0 Å². The van der Waals surface area contributed by atoms with E-state index in [4.69, 9.17) is 14.2 Å². The molecule has 1 saturated heterocycles. The molecule has 0 bridgehead atoms. The first-order valence-electron chi connectivity index (χ1n) is 18.6. The zero-order valence-corrected chi connectivity index (χ0v) is 30.5. The van der Waals surface area contributed by atoms with Crippen molar-refractivity contribution in [2.75, 3.05) is 6.61 Å². The standard InChI is InChI=1S/C48H42N2O5/c1-35-33-50(46(52)49-45(35)51)44-32-42(55-48(39-26-14-5-15-27-39,40-28-16-6-17-29-40)41-30-18-7-19-31-41)43(54-44)34-53-47(36-20-8-2-9-21-36,37-22-10-3-11-23-37)38-24-12-4-13-25-38/h2-31,33,42-44H,32,34H2,1H3,(H,49,51,52)/t42-,43+,44+/m0/s1. The molecule has 0 amide bonds. The molecule has 55 heavy (non-hydrogen) atoms. The van der Waals surface area contributed by atoms with Gasteiger partial charge in [-0.3, -0.25) is 14.3 Å². The van der Waals surface area contributed by atoms with Gasteiger partial charge in [0.25, 0.3) is 5.56 Å². The number of aromatic nitrogens is 2. The van der Waals surface area contributed by atoms with Gasteiger partial charge in [-0.15, -0.1) is 0 Å². The molecule has 1 fully saturated rings. The zero-order valence-electron chi connectivity index (χ0n) is 30.5. The Bertz CT molecular complexity index is 2230. The molecule has 274 valence electrons. The highest BCUT2D eigenvalue weighted by Crippen LogP contribution is 2.46. The molecule has 1 N–H and O–H groups in total. The van der Waals surface area contributed by atoms with Crippen LogP contribution in [0.4, 0.5) is 0 Å². The van der Waals surface area contributed by atoms with E-state index >= 15 is 0 Å². The Balaban J connectivity index is 1.28. The predicted molar refractivity (Wildman–Crippen MR) is 214 cm³/mol. The molecule has 0 saturated carbocycles. The van der Waals surface area contributed by atoms with E-state index in [1.165, 1.54) is 4.57 Å². The topological polar surface area (TPSA) is 82.6 Å². The fraction of sp³-hybridized carbons (Fsp3) is 0.167. The molecule has 0 spiro atoms. The summed E-state index contributed by atoms with van der Waals surface area (Å²) in [4.78, 5) is 28.3. The lowest BCUT2D eigenvalue weighted by atomic mass is 9.79. The number of aryl methyl sites for hydroxylation is 1. The number of nitrogens with zero attached hydrogens (tertiary/aromatic N) is 1. The molecule has 1 aliphatic heterocycles. The van der Waals surface area contributed by atoms with Crippen molar-refractivity contribution in [2.24, 2.45) is 0 Å². The first kappa shape index (κ1) is 35.9. The minimum absolute atomic E-state index is 0.103. The third kappa shape index (κ3) is 6.90. The summed E-state index contributed by atoms with van der Waals surface area (Å²) in [6.07, 6.45) is -0.128. The Morgan fingerprint density at radius 3 is 1.33 bits per heavy atom. The average Bonchev–Trinajstić information content (AvgIpc) is 3.65. The van der Waals surface area contributed by atoms with Gasteiger partial charge < -0.3 is 14.2 Å². The maximum Gasteiger partial charge on any atom is 0.330 e. The van der Waals surface area contributed by atoms with Crippen molar-refractivity contribution in [1.29, 1.82) is 0 Å². The number of benzene rings is 6. The predicted octanol–water partition coefficient (Wildman–Crippen LogP) is 8.52. The average molecular weight is 727 g/mol. The fourth-order valence-corrected chi connectivity index (χ4v) is 7.87. The maximum absolute atomic E-state index is 13.4. The highest BCUT2D eigenvalue weighted by molar-refractivity contribution is 5.49. The lowest BCUT2D eigenvalue weighted by Crippen LogP contribution is -2.43. The molecule has 7 aromatic rings. The van der Waals surface area contributed by atoms with Crippen molar-refractivity contribution in [3.63, 3.8) is 0 Å². The summed E-state index contributed by atoms with van der Waals surface area (Å²) in [6.45, 7) is 1.78. The van der Waals surface area contributed by atoms with Crippen LogP contribution in [0.25, 0.3) is 0 Å². The molecule has 0 aliphatic carbocycles. The van der Waals surface area contributed by atoms with E-state index < -0.39 is 40.9 Å². The van der Waals surface area contributed by atoms with Crippen LogP contribution in [0.3, 0.4) is 0 Å². The van der Waals surface area contributed by atoms with Gasteiger partial charge in [0.2, 0.25) is 0 Å². The Morgan fingerprint density at radius 2 is 0.945 bits per heavy atom. The molecule has 3 atom stereocenters. The quantitative estimate of drug-likeness (QED) is 0.128. The minimum atomic E-state index is -1.06. The van der Waals surface area contributed by atoms with Gasteiger partial charge in [0.15, 0.2) is 0 Å². The molecule has 1 aliphatic rings. The number of H-pyrrole nitrogens is 1. The number of nitrogens with one attached hydrogen (secondary N) is 1. The van der Waals surface area contributed by atoms with Gasteiger partial charge in [0.1, 0.15) is 23.5 Å². The summed E-state index contributed by atoms with van der Waals surface area (Å²) in [5.41, 5.74) is 3.05. The van der Waals surface area contributed by atoms with Gasteiger partial charge in [0, 0.05) is 18.2 Å². The Hall–Kier alpha value is -6.12. The fourth-order valence-electron chi connectivity index (χ4n) is 7.87. The summed E-state index contributed by atoms with van der Waals surface area (Å²) >= 11 is 0. The Kier molecular flexibility index (Phi) is 10.2. The first-order valence-corrected chi connectivity index (χ1v) is 18.6. The molecule has 1 aromatic heterocycles. The molecular weight excluding hydrogens is 685 g/mol. The summed E-state index contributed by atoms with van der Waals surface area (Å²) < 4.78 is 23.3. The van der Waals surface area contributed by atoms with E-state index in [1.807, 2.05) is 109 Å². The molecule has 7 heteroatoms. The van der Waals surface area contributed by atoms with Crippen LogP contribution in [0.2, 0.25) is 0 Å². The summed E-state index contributed by atoms with van der Waals surface area (Å²) in [5.74, 6) is 0. The SMILES string of the molecule is Cc1cn([C@H]2C[C@H](OC(c3ccccc3)(c3ccccc3)c3ccccc3)[C@@H](COC(c3ccccc3)(c3ccccc3)c3ccccc3)O2)c(=O)[nH]c1=O. The van der Waals surface area contributed by atoms with Gasteiger partial charge in [-0.05, 0) is 40.3 Å². The monoisotopic (exact) mass is 726 g/mol. The smallest absolute Gasteiger partial charge is 0.330 e. The molecule has 8 rings (SSSR count). The van der Waals surface area contributed by atoms with Crippen molar-refractivity contribution in [3.05, 3.63) is 248 Å². The molecule has 6 aromatic carbocycles. The van der Waals surface area contributed by atoms with Crippen LogP contribution in [0.5, 0.6) is 0 Å². The third-order valence-corrected chi connectivity index (χ3v) is 10.5. The van der Waals surface area contributed by atoms with Crippen LogP contribution in [-0.4, -0.2) is 28.4 Å². The number of hydrogen-bond donors (Lipinski definition) is 1. The second-order valence-corrected chi connectivity index (χ2v) is 13.9. The highest BCUT2D eigenvalue weighted by atomic mass is 16.6. The molecule has 0 unspecified atom stereocenters.